The van der Waals surface area contributed by atoms with Crippen molar-refractivity contribution in [3.63, 3.8) is 0 Å². The molecule has 0 atom stereocenters. The van der Waals surface area contributed by atoms with Crippen LogP contribution in [-0.4, -0.2) is 30.1 Å². The number of aromatic nitrogens is 1. The molecule has 174 valence electrons. The predicted octanol–water partition coefficient (Wildman–Crippen LogP) is 1.46. The van der Waals surface area contributed by atoms with Crippen LogP contribution in [0.5, 0.6) is 0 Å². The first-order valence-electron chi connectivity index (χ1n) is 4.37. The second kappa shape index (κ2) is 19.4. The summed E-state index contributed by atoms with van der Waals surface area (Å²) in [7, 11) is -10.8. The summed E-state index contributed by atoms with van der Waals surface area (Å²) < 4.78 is 59.3. The Morgan fingerprint density at radius 3 is 1.39 bits per heavy atom. The summed E-state index contributed by atoms with van der Waals surface area (Å²) in [5, 5.41) is 14.8. The van der Waals surface area contributed by atoms with Crippen molar-refractivity contribution < 1.29 is 59.5 Å². The zero-order chi connectivity index (χ0) is 18.7. The van der Waals surface area contributed by atoms with Gasteiger partial charge in [0.2, 0.25) is 5.91 Å². The molecule has 0 aromatic carbocycles. The Hall–Kier alpha value is -2.36. The number of hydrogen-bond acceptors (Lipinski definition) is 10. The molecule has 16 N–H and O–H groups in total. The van der Waals surface area contributed by atoms with Gasteiger partial charge in [-0.25, -0.2) is 0 Å². The van der Waals surface area contributed by atoms with E-state index in [-0.39, 0.29) is 49.6 Å². The van der Waals surface area contributed by atoms with Crippen LogP contribution in [0.2, 0.25) is 0 Å². The van der Waals surface area contributed by atoms with Crippen LogP contribution in [0.3, 0.4) is 0 Å². The zero-order valence-corrected chi connectivity index (χ0v) is 16.5. The van der Waals surface area contributed by atoms with Gasteiger partial charge in [-0.2, -0.15) is 0 Å². The van der Waals surface area contributed by atoms with Crippen LogP contribution in [-0.2, 0) is 19.5 Å². The van der Waals surface area contributed by atoms with Gasteiger partial charge < -0.3 is 51.1 Å². The smallest absolute Gasteiger partial charge is 0.412 e. The Labute approximate surface area is 166 Å². The van der Waals surface area contributed by atoms with Crippen LogP contribution >= 0.6 is 0 Å². The third-order valence-electron chi connectivity index (χ3n) is 0.946. The molecule has 1 rings (SSSR count). The molecule has 0 saturated heterocycles. The molecule has 1 amide bonds. The maximum atomic E-state index is 10.4. The number of nitroso groups, excluding NO2 is 1. The summed E-state index contributed by atoms with van der Waals surface area (Å²) in [6.45, 7) is 0. The number of carbonyl (C=O) groups excluding carboxylic acids is 1. The molecule has 28 heavy (non-hydrogen) atoms. The Bertz CT molecular complexity index is 483. The molecule has 0 saturated carbocycles. The molecule has 1 heterocycles. The van der Waals surface area contributed by atoms with Gasteiger partial charge >= 0.3 is 52.8 Å². The van der Waals surface area contributed by atoms with Crippen molar-refractivity contribution in [2.45, 2.75) is 0 Å². The molecule has 0 bridgehead atoms. The number of nitrogens with two attached hydrogens (primary N) is 1. The van der Waals surface area contributed by atoms with Crippen molar-refractivity contribution in [1.29, 1.82) is 0 Å². The van der Waals surface area contributed by atoms with E-state index < -0.39 is 19.6 Å². The third kappa shape index (κ3) is 130. The topological polar surface area (TPSA) is 333 Å². The molecule has 22 heteroatoms. The number of halogens is 6. The summed E-state index contributed by atoms with van der Waals surface area (Å²) in [5.74, 6) is -0.442. The maximum absolute atomic E-state index is 10.8. The predicted molar refractivity (Wildman–Crippen MR) is 84.7 cm³/mol. The monoisotopic (exact) mass is 544 g/mol. The Kier molecular flexibility index (Phi) is 39.0. The minimum absolute atomic E-state index is 0. The fraction of sp³-hybridized carbons (Fsp3) is 0. The molecule has 2 radical (unpaired) electrons. The van der Waals surface area contributed by atoms with E-state index in [1.807, 2.05) is 0 Å². The van der Waals surface area contributed by atoms with Crippen molar-refractivity contribution in [3.8, 4) is 0 Å². The summed E-state index contributed by atoms with van der Waals surface area (Å²) in [5.41, 5.74) is 11.1. The second-order valence-corrected chi connectivity index (χ2v) is 5.04. The van der Waals surface area contributed by atoms with Crippen LogP contribution in [0.1, 0.15) is 10.4 Å². The van der Waals surface area contributed by atoms with Crippen molar-refractivity contribution in [2.75, 3.05) is 0 Å². The standard InChI is InChI=1S/C6H6N2O.F6Si.NO3.NO.4H3N.H2O.Ru/c7-6(9)5-2-1-3-8-4-5;1-7(2,3,4,5)6;2-1(3)4;1-2;;;;;;/h1-4H,(H2,7,9);;;;4*1H3;1H2;/q;-2;-1;;;;;;;+3. The molecular formula is C6H20F6N8O6RuSi. The summed E-state index contributed by atoms with van der Waals surface area (Å²) in [6.07, 6.45) is 3.02. The first-order valence-corrected chi connectivity index (χ1v) is 6.64. The van der Waals surface area contributed by atoms with Crippen LogP contribution < -0.4 is 35.9 Å². The average Bonchev–Trinajstić information content (AvgIpc) is 2.28. The molecule has 0 spiro atoms. The van der Waals surface area contributed by atoms with Gasteiger partial charge in [0.05, 0.1) is 10.7 Å². The Morgan fingerprint density at radius 2 is 1.29 bits per heavy atom. The number of nitrogens with zero attached hydrogens (tertiary/aromatic N) is 3. The summed E-state index contributed by atoms with van der Waals surface area (Å²) in [4.78, 5) is 29.6. The molecule has 0 aliphatic heterocycles. The molecule has 14 nitrogen and oxygen atoms in total. The van der Waals surface area contributed by atoms with E-state index in [1.165, 1.54) is 6.20 Å². The second-order valence-electron chi connectivity index (χ2n) is 2.90. The SMILES string of the molecule is F[Si-2](F)(F)(F)(F)F.N.N.N.N.NC(=O)c1cccnc1.O.O=[N+]([O-])[O-].[N]=O.[Ru+3]. The van der Waals surface area contributed by atoms with Crippen molar-refractivity contribution in [2.24, 2.45) is 5.73 Å². The largest absolute Gasteiger partial charge is 3.00 e. The molecule has 0 fully saturated rings. The quantitative estimate of drug-likeness (QED) is 0.111. The number of rotatable bonds is 1. The Balaban J connectivity index is -0.0000000250. The van der Waals surface area contributed by atoms with Crippen LogP contribution in [0.15, 0.2) is 24.5 Å². The van der Waals surface area contributed by atoms with Crippen molar-refractivity contribution >= 4 is 14.5 Å². The van der Waals surface area contributed by atoms with E-state index in [0.29, 0.717) is 5.56 Å². The van der Waals surface area contributed by atoms with Gasteiger partial charge in [-0.3, -0.25) is 9.78 Å². The van der Waals surface area contributed by atoms with E-state index in [1.54, 1.807) is 18.3 Å². The number of pyridine rings is 1. The van der Waals surface area contributed by atoms with Crippen LogP contribution in [0.25, 0.3) is 0 Å². The first-order chi connectivity index (χ1) is 9.49. The van der Waals surface area contributed by atoms with E-state index in [4.69, 9.17) is 31.6 Å². The zero-order valence-electron chi connectivity index (χ0n) is 13.7. The fourth-order valence-corrected chi connectivity index (χ4v) is 0.509. The minimum Gasteiger partial charge on any atom is -0.412 e. The van der Waals surface area contributed by atoms with Gasteiger partial charge in [-0.05, 0) is 12.1 Å². The molecule has 1 aromatic rings. The van der Waals surface area contributed by atoms with Crippen LogP contribution in [0, 0.1) is 20.2 Å². The maximum Gasteiger partial charge on any atom is 3.00 e. The van der Waals surface area contributed by atoms with Gasteiger partial charge in [0.25, 0.3) is 0 Å². The van der Waals surface area contributed by atoms with Gasteiger partial charge in [0, 0.05) is 12.4 Å². The number of primary amides is 1. The third-order valence-corrected chi connectivity index (χ3v) is 0.946. The minimum atomic E-state index is -10.8. The molecular weight excluding hydrogens is 523 g/mol. The summed E-state index contributed by atoms with van der Waals surface area (Å²) in [6, 6.07) is 3.29. The van der Waals surface area contributed by atoms with Crippen LogP contribution in [0.4, 0.5) is 24.6 Å². The van der Waals surface area contributed by atoms with E-state index in [9.17, 15) is 29.4 Å². The first kappa shape index (κ1) is 56.2. The normalized spacial score (nSPS) is 9.64. The van der Waals surface area contributed by atoms with Gasteiger partial charge in [-0.15, -0.1) is 4.91 Å². The fourth-order valence-electron chi connectivity index (χ4n) is 0.509. The van der Waals surface area contributed by atoms with E-state index in [2.05, 4.69) is 4.98 Å². The Morgan fingerprint density at radius 1 is 1.04 bits per heavy atom. The van der Waals surface area contributed by atoms with E-state index in [0.717, 1.165) is 0 Å². The van der Waals surface area contributed by atoms with Gasteiger partial charge in [0.1, 0.15) is 5.59 Å². The molecule has 0 aliphatic rings. The van der Waals surface area contributed by atoms with Crippen molar-refractivity contribution in [3.05, 3.63) is 50.3 Å². The molecule has 1 aromatic heterocycles. The molecule has 0 aliphatic carbocycles. The molecule has 0 unspecified atom stereocenters. The van der Waals surface area contributed by atoms with Crippen molar-refractivity contribution in [1.82, 2.24) is 35.2 Å². The van der Waals surface area contributed by atoms with Gasteiger partial charge in [-0.1, -0.05) is 0 Å². The van der Waals surface area contributed by atoms with Gasteiger partial charge in [0.15, 0.2) is 0 Å². The number of carbonyl (C=O) groups is 1. The number of amides is 1. The van der Waals surface area contributed by atoms with E-state index >= 15 is 0 Å². The number of hydrogen-bond donors (Lipinski definition) is 5. The average molecular weight is 543 g/mol. The summed E-state index contributed by atoms with van der Waals surface area (Å²) >= 11 is 0.